The summed E-state index contributed by atoms with van der Waals surface area (Å²) in [6.45, 7) is 0. The first-order valence-corrected chi connectivity index (χ1v) is 6.39. The van der Waals surface area contributed by atoms with E-state index >= 15 is 0 Å². The second-order valence-electron chi connectivity index (χ2n) is 2.68. The van der Waals surface area contributed by atoms with Crippen molar-refractivity contribution < 1.29 is 8.42 Å². The maximum Gasteiger partial charge on any atom is 0.176 e. The largest absolute Gasteiger partial charge is 0.353 e. The third kappa shape index (κ3) is 2.67. The zero-order chi connectivity index (χ0) is 10.8. The highest BCUT2D eigenvalue weighted by molar-refractivity contribution is 7.90. The molecule has 0 spiro atoms. The van der Waals surface area contributed by atoms with Crippen LogP contribution in [0.5, 0.6) is 0 Å². The Morgan fingerprint density at radius 2 is 2.14 bits per heavy atom. The van der Waals surface area contributed by atoms with Gasteiger partial charge in [-0.2, -0.15) is 0 Å². The highest BCUT2D eigenvalue weighted by Gasteiger charge is 2.11. The maximum absolute atomic E-state index is 11.2. The molecule has 14 heavy (non-hydrogen) atoms. The second-order valence-corrected chi connectivity index (χ2v) is 5.31. The third-order valence-electron chi connectivity index (χ3n) is 1.56. The average Bonchev–Trinajstić information content (AvgIpc) is 2.02. The number of halogens is 1. The number of hydrogen-bond donors (Lipinski definition) is 1. The molecule has 0 aliphatic heterocycles. The van der Waals surface area contributed by atoms with Crippen LogP contribution in [0, 0.1) is 0 Å². The molecule has 76 valence electrons. The van der Waals surface area contributed by atoms with Crippen molar-refractivity contribution in [2.45, 2.75) is 4.90 Å². The molecule has 0 fully saturated rings. The number of benzene rings is 1. The van der Waals surface area contributed by atoms with E-state index in [0.717, 1.165) is 6.26 Å². The Balaban J connectivity index is 3.21. The quantitative estimate of drug-likeness (QED) is 0.834. The molecule has 0 aliphatic carbocycles. The van der Waals surface area contributed by atoms with Gasteiger partial charge in [0.15, 0.2) is 9.84 Å². The lowest BCUT2D eigenvalue weighted by molar-refractivity contribution is 0.602. The maximum atomic E-state index is 11.2. The summed E-state index contributed by atoms with van der Waals surface area (Å²) in [5.74, 6) is 0. The molecular formula is C8H8ClNO2S2. The number of hydrogen-bond acceptors (Lipinski definition) is 3. The zero-order valence-corrected chi connectivity index (χ0v) is 9.71. The second kappa shape index (κ2) is 4.25. The standard InChI is InChI=1S/C8H8ClNO2S2/c1-14(11,12)8-3-2-6(10-5-13)4-7(8)9/h2-5H,1H3,(H,10,13). The molecule has 0 radical (unpaired) electrons. The number of thiocarbonyl (C=S) groups is 1. The predicted octanol–water partition coefficient (Wildman–Crippen LogP) is 2.11. The van der Waals surface area contributed by atoms with Crippen molar-refractivity contribution in [3.05, 3.63) is 23.2 Å². The van der Waals surface area contributed by atoms with Crippen LogP contribution < -0.4 is 5.32 Å². The van der Waals surface area contributed by atoms with E-state index in [9.17, 15) is 8.42 Å². The van der Waals surface area contributed by atoms with E-state index in [1.165, 1.54) is 17.6 Å². The van der Waals surface area contributed by atoms with Crippen LogP contribution in [0.1, 0.15) is 0 Å². The normalized spacial score (nSPS) is 11.0. The third-order valence-corrected chi connectivity index (χ3v) is 3.25. The van der Waals surface area contributed by atoms with Crippen molar-refractivity contribution >= 4 is 44.8 Å². The smallest absolute Gasteiger partial charge is 0.176 e. The summed E-state index contributed by atoms with van der Waals surface area (Å²) >= 11 is 10.4. The first-order chi connectivity index (χ1) is 6.45. The molecule has 0 unspecified atom stereocenters. The minimum Gasteiger partial charge on any atom is -0.353 e. The number of nitrogens with one attached hydrogen (secondary N) is 1. The summed E-state index contributed by atoms with van der Waals surface area (Å²) in [4.78, 5) is 0.120. The van der Waals surface area contributed by atoms with Gasteiger partial charge in [-0.3, -0.25) is 0 Å². The van der Waals surface area contributed by atoms with E-state index in [-0.39, 0.29) is 9.92 Å². The summed E-state index contributed by atoms with van der Waals surface area (Å²) in [6.07, 6.45) is 1.11. The minimum atomic E-state index is -3.26. The van der Waals surface area contributed by atoms with Crippen LogP contribution in [0.4, 0.5) is 5.69 Å². The van der Waals surface area contributed by atoms with Crippen molar-refractivity contribution in [1.82, 2.24) is 0 Å². The van der Waals surface area contributed by atoms with E-state index in [4.69, 9.17) is 11.6 Å². The van der Waals surface area contributed by atoms with Gasteiger partial charge in [-0.15, -0.1) is 0 Å². The van der Waals surface area contributed by atoms with Gasteiger partial charge in [-0.25, -0.2) is 8.42 Å². The van der Waals surface area contributed by atoms with Gasteiger partial charge in [0.25, 0.3) is 0 Å². The Labute approximate surface area is 93.0 Å². The minimum absolute atomic E-state index is 0.120. The van der Waals surface area contributed by atoms with Crippen molar-refractivity contribution in [3.63, 3.8) is 0 Å². The highest BCUT2D eigenvalue weighted by atomic mass is 35.5. The predicted molar refractivity (Wildman–Crippen MR) is 61.8 cm³/mol. The SMILES string of the molecule is CS(=O)(=O)c1ccc(NC=S)cc1Cl. The van der Waals surface area contributed by atoms with Crippen molar-refractivity contribution in [2.24, 2.45) is 0 Å². The van der Waals surface area contributed by atoms with Crippen LogP contribution in [0.3, 0.4) is 0 Å². The fourth-order valence-electron chi connectivity index (χ4n) is 0.959. The van der Waals surface area contributed by atoms with E-state index in [0.29, 0.717) is 5.69 Å². The lowest BCUT2D eigenvalue weighted by Gasteiger charge is -2.04. The molecule has 0 aliphatic rings. The lowest BCUT2D eigenvalue weighted by atomic mass is 10.3. The summed E-state index contributed by atoms with van der Waals surface area (Å²) in [5.41, 5.74) is 1.99. The number of sulfone groups is 1. The van der Waals surface area contributed by atoms with E-state index in [2.05, 4.69) is 17.5 Å². The van der Waals surface area contributed by atoms with Gasteiger partial charge in [-0.1, -0.05) is 23.8 Å². The number of rotatable bonds is 3. The molecule has 0 amide bonds. The molecular weight excluding hydrogens is 242 g/mol. The van der Waals surface area contributed by atoms with Crippen molar-refractivity contribution in [1.29, 1.82) is 0 Å². The Kier molecular flexibility index (Phi) is 3.47. The molecule has 3 nitrogen and oxygen atoms in total. The topological polar surface area (TPSA) is 46.2 Å². The van der Waals surface area contributed by atoms with Gasteiger partial charge in [0.1, 0.15) is 0 Å². The van der Waals surface area contributed by atoms with Crippen LogP contribution in [0.15, 0.2) is 23.1 Å². The molecule has 1 rings (SSSR count). The summed E-state index contributed by atoms with van der Waals surface area (Å²) in [6, 6.07) is 4.56. The molecule has 0 atom stereocenters. The zero-order valence-electron chi connectivity index (χ0n) is 7.32. The monoisotopic (exact) mass is 249 g/mol. The van der Waals surface area contributed by atoms with Crippen LogP contribution in [-0.4, -0.2) is 20.2 Å². The summed E-state index contributed by atoms with van der Waals surface area (Å²) < 4.78 is 22.4. The molecule has 1 aromatic rings. The molecule has 0 saturated heterocycles. The van der Waals surface area contributed by atoms with Crippen LogP contribution >= 0.6 is 23.8 Å². The average molecular weight is 250 g/mol. The van der Waals surface area contributed by atoms with E-state index < -0.39 is 9.84 Å². The first kappa shape index (κ1) is 11.4. The van der Waals surface area contributed by atoms with Crippen LogP contribution in [0.2, 0.25) is 5.02 Å². The number of anilines is 1. The molecule has 0 saturated carbocycles. The first-order valence-electron chi connectivity index (χ1n) is 3.65. The Bertz CT molecular complexity index is 456. The van der Waals surface area contributed by atoms with Crippen molar-refractivity contribution in [2.75, 3.05) is 11.6 Å². The molecule has 0 aromatic heterocycles. The molecule has 0 bridgehead atoms. The molecule has 1 aromatic carbocycles. The fourth-order valence-corrected chi connectivity index (χ4v) is 2.42. The Hall–Kier alpha value is -0.650. The summed E-state index contributed by atoms with van der Waals surface area (Å²) in [7, 11) is -3.26. The Morgan fingerprint density at radius 3 is 2.57 bits per heavy atom. The molecule has 1 N–H and O–H groups in total. The van der Waals surface area contributed by atoms with Gasteiger partial charge in [0, 0.05) is 11.9 Å². The fraction of sp³-hybridized carbons (Fsp3) is 0.125. The summed E-state index contributed by atoms with van der Waals surface area (Å²) in [5, 5.41) is 2.93. The molecule has 6 heteroatoms. The van der Waals surface area contributed by atoms with E-state index in [1.807, 2.05) is 0 Å². The highest BCUT2D eigenvalue weighted by Crippen LogP contribution is 2.24. The Morgan fingerprint density at radius 1 is 1.50 bits per heavy atom. The van der Waals surface area contributed by atoms with Crippen LogP contribution in [-0.2, 0) is 9.84 Å². The van der Waals surface area contributed by atoms with Crippen molar-refractivity contribution in [3.8, 4) is 0 Å². The van der Waals surface area contributed by atoms with Gasteiger partial charge in [0.2, 0.25) is 0 Å². The van der Waals surface area contributed by atoms with Crippen LogP contribution in [0.25, 0.3) is 0 Å². The van der Waals surface area contributed by atoms with E-state index in [1.54, 1.807) is 6.07 Å². The van der Waals surface area contributed by atoms with Gasteiger partial charge in [-0.05, 0) is 18.2 Å². The van der Waals surface area contributed by atoms with Gasteiger partial charge in [0.05, 0.1) is 15.4 Å². The lowest BCUT2D eigenvalue weighted by Crippen LogP contribution is -1.99. The molecule has 0 heterocycles. The van der Waals surface area contributed by atoms with Gasteiger partial charge < -0.3 is 5.32 Å². The van der Waals surface area contributed by atoms with Gasteiger partial charge >= 0.3 is 0 Å².